The molecule has 0 saturated heterocycles. The molecule has 0 bridgehead atoms. The van der Waals surface area contributed by atoms with Crippen LogP contribution in [-0.2, 0) is 0 Å². The lowest BCUT2D eigenvalue weighted by atomic mass is 10.5. The predicted molar refractivity (Wildman–Crippen MR) is 46.3 cm³/mol. The largest absolute Gasteiger partial charge is 0.347 e. The average molecular weight is 183 g/mol. The van der Waals surface area contributed by atoms with Crippen LogP contribution in [0.3, 0.4) is 0 Å². The molecule has 0 spiro atoms. The van der Waals surface area contributed by atoms with E-state index < -0.39 is 0 Å². The van der Waals surface area contributed by atoms with Crippen molar-refractivity contribution in [3.8, 4) is 0 Å². The molecule has 0 aromatic carbocycles. The number of hydrogen-bond donors (Lipinski definition) is 0. The topological polar surface area (TPSA) is 63.9 Å². The molecule has 0 atom stereocenters. The van der Waals surface area contributed by atoms with Crippen LogP contribution in [0.4, 0.5) is 4.79 Å². The van der Waals surface area contributed by atoms with Crippen LogP contribution in [0.1, 0.15) is 19.7 Å². The second-order valence-electron chi connectivity index (χ2n) is 2.59. The van der Waals surface area contributed by atoms with Crippen molar-refractivity contribution in [3.05, 3.63) is 5.82 Å². The fraction of sp³-hybridized carbons (Fsp3) is 0.714. The van der Waals surface area contributed by atoms with Gasteiger partial charge in [0.15, 0.2) is 5.82 Å². The van der Waals surface area contributed by atoms with Crippen molar-refractivity contribution in [2.45, 2.75) is 20.8 Å². The quantitative estimate of drug-likeness (QED) is 0.618. The van der Waals surface area contributed by atoms with Crippen LogP contribution in [0, 0.1) is 6.92 Å². The third-order valence-electron chi connectivity index (χ3n) is 1.84. The van der Waals surface area contributed by atoms with Gasteiger partial charge in [-0.3, -0.25) is 0 Å². The Morgan fingerprint density at radius 2 is 2.08 bits per heavy atom. The van der Waals surface area contributed by atoms with Crippen LogP contribution >= 0.6 is 0 Å². The third kappa shape index (κ3) is 1.82. The lowest BCUT2D eigenvalue weighted by Crippen LogP contribution is -2.35. The molecule has 72 valence electrons. The van der Waals surface area contributed by atoms with Gasteiger partial charge in [-0.2, -0.15) is 0 Å². The summed E-state index contributed by atoms with van der Waals surface area (Å²) < 4.78 is 1.20. The van der Waals surface area contributed by atoms with Crippen LogP contribution in [0.2, 0.25) is 0 Å². The molecular formula is C7H13N5O. The SMILES string of the molecule is CCN(CC)C(=O)n1nnnc1C. The van der Waals surface area contributed by atoms with E-state index in [2.05, 4.69) is 15.5 Å². The van der Waals surface area contributed by atoms with Crippen molar-refractivity contribution in [3.63, 3.8) is 0 Å². The van der Waals surface area contributed by atoms with Crippen LogP contribution in [-0.4, -0.2) is 44.2 Å². The summed E-state index contributed by atoms with van der Waals surface area (Å²) in [4.78, 5) is 13.3. The number of tetrazole rings is 1. The number of aromatic nitrogens is 4. The summed E-state index contributed by atoms with van der Waals surface area (Å²) in [7, 11) is 0. The van der Waals surface area contributed by atoms with Crippen LogP contribution in [0.15, 0.2) is 0 Å². The Morgan fingerprint density at radius 3 is 2.46 bits per heavy atom. The molecule has 13 heavy (non-hydrogen) atoms. The van der Waals surface area contributed by atoms with Crippen molar-refractivity contribution in [1.82, 2.24) is 25.1 Å². The zero-order valence-corrected chi connectivity index (χ0v) is 8.06. The third-order valence-corrected chi connectivity index (χ3v) is 1.84. The van der Waals surface area contributed by atoms with Crippen molar-refractivity contribution < 1.29 is 4.79 Å². The Morgan fingerprint density at radius 1 is 1.46 bits per heavy atom. The first-order chi connectivity index (χ1) is 6.20. The van der Waals surface area contributed by atoms with E-state index in [9.17, 15) is 4.79 Å². The maximum absolute atomic E-state index is 11.6. The highest BCUT2D eigenvalue weighted by molar-refractivity contribution is 5.76. The van der Waals surface area contributed by atoms with Gasteiger partial charge < -0.3 is 4.90 Å². The van der Waals surface area contributed by atoms with E-state index in [-0.39, 0.29) is 6.03 Å². The van der Waals surface area contributed by atoms with Crippen LogP contribution in [0.25, 0.3) is 0 Å². The summed E-state index contributed by atoms with van der Waals surface area (Å²) >= 11 is 0. The second kappa shape index (κ2) is 3.97. The van der Waals surface area contributed by atoms with E-state index in [1.165, 1.54) is 4.68 Å². The number of aryl methyl sites for hydroxylation is 1. The molecule has 0 aliphatic carbocycles. The lowest BCUT2D eigenvalue weighted by Gasteiger charge is -2.17. The summed E-state index contributed by atoms with van der Waals surface area (Å²) in [6.07, 6.45) is 0. The Balaban J connectivity index is 2.84. The fourth-order valence-corrected chi connectivity index (χ4v) is 1.04. The van der Waals surface area contributed by atoms with Gasteiger partial charge in [0, 0.05) is 13.1 Å². The monoisotopic (exact) mass is 183 g/mol. The van der Waals surface area contributed by atoms with E-state index >= 15 is 0 Å². The van der Waals surface area contributed by atoms with Gasteiger partial charge in [0.25, 0.3) is 0 Å². The molecule has 1 heterocycles. The summed E-state index contributed by atoms with van der Waals surface area (Å²) in [6, 6.07) is -0.174. The summed E-state index contributed by atoms with van der Waals surface area (Å²) in [5.74, 6) is 0.511. The minimum absolute atomic E-state index is 0.174. The van der Waals surface area contributed by atoms with Crippen LogP contribution in [0.5, 0.6) is 0 Å². The first kappa shape index (κ1) is 9.63. The Bertz CT molecular complexity index is 291. The zero-order valence-electron chi connectivity index (χ0n) is 8.06. The maximum Gasteiger partial charge on any atom is 0.347 e. The summed E-state index contributed by atoms with van der Waals surface area (Å²) in [5, 5.41) is 10.6. The Kier molecular flexibility index (Phi) is 2.94. The number of hydrogen-bond acceptors (Lipinski definition) is 4. The minimum Gasteiger partial charge on any atom is -0.323 e. The normalized spacial score (nSPS) is 10.1. The van der Waals surface area contributed by atoms with E-state index in [1.54, 1.807) is 11.8 Å². The van der Waals surface area contributed by atoms with Gasteiger partial charge in [-0.25, -0.2) is 4.79 Å². The molecule has 0 aliphatic heterocycles. The summed E-state index contributed by atoms with van der Waals surface area (Å²) in [5.41, 5.74) is 0. The van der Waals surface area contributed by atoms with Gasteiger partial charge in [0.2, 0.25) is 0 Å². The highest BCUT2D eigenvalue weighted by Gasteiger charge is 2.15. The molecule has 1 aromatic heterocycles. The molecular weight excluding hydrogens is 170 g/mol. The average Bonchev–Trinajstić information content (AvgIpc) is 2.53. The van der Waals surface area contributed by atoms with Gasteiger partial charge in [0.05, 0.1) is 0 Å². The number of carbonyl (C=O) groups excluding carboxylic acids is 1. The van der Waals surface area contributed by atoms with Gasteiger partial charge in [-0.1, -0.05) is 0 Å². The molecule has 0 N–H and O–H groups in total. The standard InChI is InChI=1S/C7H13N5O/c1-4-11(5-2)7(13)12-6(3)8-9-10-12/h4-5H2,1-3H3. The molecule has 0 saturated carbocycles. The highest BCUT2D eigenvalue weighted by Crippen LogP contribution is 1.95. The fourth-order valence-electron chi connectivity index (χ4n) is 1.04. The highest BCUT2D eigenvalue weighted by atomic mass is 16.2. The van der Waals surface area contributed by atoms with E-state index in [4.69, 9.17) is 0 Å². The zero-order chi connectivity index (χ0) is 9.84. The molecule has 0 unspecified atom stereocenters. The maximum atomic E-state index is 11.6. The molecule has 0 radical (unpaired) electrons. The van der Waals surface area contributed by atoms with E-state index in [1.807, 2.05) is 13.8 Å². The Hall–Kier alpha value is -1.46. The van der Waals surface area contributed by atoms with Crippen molar-refractivity contribution in [2.24, 2.45) is 0 Å². The molecule has 0 fully saturated rings. The smallest absolute Gasteiger partial charge is 0.323 e. The number of carbonyl (C=O) groups is 1. The van der Waals surface area contributed by atoms with Crippen molar-refractivity contribution >= 4 is 6.03 Å². The first-order valence-corrected chi connectivity index (χ1v) is 4.25. The van der Waals surface area contributed by atoms with Gasteiger partial charge in [0.1, 0.15) is 0 Å². The number of amides is 1. The van der Waals surface area contributed by atoms with Crippen LogP contribution < -0.4 is 0 Å². The number of rotatable bonds is 2. The summed E-state index contributed by atoms with van der Waals surface area (Å²) in [6.45, 7) is 6.85. The lowest BCUT2D eigenvalue weighted by molar-refractivity contribution is 0.200. The first-order valence-electron chi connectivity index (χ1n) is 4.25. The predicted octanol–water partition coefficient (Wildman–Crippen LogP) is 0.291. The molecule has 1 aromatic rings. The molecule has 6 heteroatoms. The van der Waals surface area contributed by atoms with Gasteiger partial charge in [-0.15, -0.1) is 9.78 Å². The Labute approximate surface area is 76.5 Å². The van der Waals surface area contributed by atoms with E-state index in [0.29, 0.717) is 18.9 Å². The molecule has 1 amide bonds. The van der Waals surface area contributed by atoms with Crippen molar-refractivity contribution in [1.29, 1.82) is 0 Å². The van der Waals surface area contributed by atoms with E-state index in [0.717, 1.165) is 0 Å². The minimum atomic E-state index is -0.174. The molecule has 6 nitrogen and oxygen atoms in total. The second-order valence-corrected chi connectivity index (χ2v) is 2.59. The number of nitrogens with zero attached hydrogens (tertiary/aromatic N) is 5. The molecule has 0 aliphatic rings. The van der Waals surface area contributed by atoms with Gasteiger partial charge in [-0.05, 0) is 31.2 Å². The molecule has 1 rings (SSSR count). The van der Waals surface area contributed by atoms with Crippen molar-refractivity contribution in [2.75, 3.05) is 13.1 Å². The van der Waals surface area contributed by atoms with Gasteiger partial charge >= 0.3 is 6.03 Å².